The predicted molar refractivity (Wildman–Crippen MR) is 88.4 cm³/mol. The minimum absolute atomic E-state index is 0.142. The molecule has 0 spiro atoms. The fourth-order valence-corrected chi connectivity index (χ4v) is 3.64. The summed E-state index contributed by atoms with van der Waals surface area (Å²) in [4.78, 5) is 14.1. The molecular formula is C18H25FN2O3. The summed E-state index contributed by atoms with van der Waals surface area (Å²) >= 11 is 0. The van der Waals surface area contributed by atoms with E-state index in [1.165, 1.54) is 6.07 Å². The minimum atomic E-state index is -0.393. The molecule has 1 aliphatic carbocycles. The number of aliphatic hydroxyl groups is 1. The van der Waals surface area contributed by atoms with E-state index in [9.17, 15) is 14.3 Å². The van der Waals surface area contributed by atoms with Gasteiger partial charge in [-0.1, -0.05) is 18.6 Å². The number of nitrogens with one attached hydrogen (secondary N) is 1. The van der Waals surface area contributed by atoms with Crippen molar-refractivity contribution < 1.29 is 19.0 Å². The smallest absolute Gasteiger partial charge is 0.317 e. The number of nitrogens with zero attached hydrogens (tertiary/aromatic N) is 1. The molecule has 3 unspecified atom stereocenters. The molecule has 5 nitrogen and oxygen atoms in total. The lowest BCUT2D eigenvalue weighted by molar-refractivity contribution is 0.113. The highest BCUT2D eigenvalue weighted by molar-refractivity contribution is 5.74. The van der Waals surface area contributed by atoms with Crippen LogP contribution in [0.4, 0.5) is 9.18 Å². The zero-order valence-corrected chi connectivity index (χ0v) is 14.0. The fraction of sp³-hybridized carbons (Fsp3) is 0.611. The summed E-state index contributed by atoms with van der Waals surface area (Å²) in [6.07, 6.45) is 3.91. The van der Waals surface area contributed by atoms with Crippen molar-refractivity contribution in [3.05, 3.63) is 29.6 Å². The number of para-hydroxylation sites is 1. The molecule has 1 fully saturated rings. The van der Waals surface area contributed by atoms with Gasteiger partial charge in [-0.15, -0.1) is 0 Å². The van der Waals surface area contributed by atoms with Crippen molar-refractivity contribution in [3.8, 4) is 5.75 Å². The van der Waals surface area contributed by atoms with E-state index in [4.69, 9.17) is 4.74 Å². The maximum absolute atomic E-state index is 14.0. The molecule has 2 aliphatic rings. The molecule has 24 heavy (non-hydrogen) atoms. The van der Waals surface area contributed by atoms with Crippen LogP contribution in [-0.2, 0) is 0 Å². The number of aliphatic hydroxyl groups excluding tert-OH is 1. The van der Waals surface area contributed by atoms with Crippen LogP contribution in [0.3, 0.4) is 0 Å². The molecule has 1 aliphatic heterocycles. The Morgan fingerprint density at radius 2 is 2.21 bits per heavy atom. The molecule has 0 radical (unpaired) electrons. The number of halogens is 1. The number of rotatable bonds is 3. The molecule has 3 atom stereocenters. The van der Waals surface area contributed by atoms with Gasteiger partial charge in [0.05, 0.1) is 18.8 Å². The van der Waals surface area contributed by atoms with Crippen molar-refractivity contribution in [1.82, 2.24) is 10.2 Å². The number of hydrogen-bond acceptors (Lipinski definition) is 3. The topological polar surface area (TPSA) is 61.8 Å². The second-order valence-corrected chi connectivity index (χ2v) is 6.79. The Morgan fingerprint density at radius 1 is 1.38 bits per heavy atom. The maximum Gasteiger partial charge on any atom is 0.317 e. The Labute approximate surface area is 141 Å². The zero-order valence-electron chi connectivity index (χ0n) is 14.0. The number of hydrogen-bond donors (Lipinski definition) is 2. The molecule has 132 valence electrons. The van der Waals surface area contributed by atoms with Gasteiger partial charge >= 0.3 is 6.03 Å². The summed E-state index contributed by atoms with van der Waals surface area (Å²) in [5, 5.41) is 12.9. The van der Waals surface area contributed by atoms with Crippen LogP contribution in [0.25, 0.3) is 0 Å². The summed E-state index contributed by atoms with van der Waals surface area (Å²) in [6, 6.07) is 4.35. The molecule has 2 amide bonds. The lowest BCUT2D eigenvalue weighted by Crippen LogP contribution is -2.42. The van der Waals surface area contributed by atoms with Gasteiger partial charge in [0.1, 0.15) is 0 Å². The summed E-state index contributed by atoms with van der Waals surface area (Å²) < 4.78 is 19.5. The van der Waals surface area contributed by atoms with E-state index in [1.807, 2.05) is 0 Å². The third-order valence-corrected chi connectivity index (χ3v) is 5.03. The van der Waals surface area contributed by atoms with Gasteiger partial charge < -0.3 is 20.1 Å². The third-order valence-electron chi connectivity index (χ3n) is 5.03. The van der Waals surface area contributed by atoms with Crippen molar-refractivity contribution in [2.45, 2.75) is 44.2 Å². The quantitative estimate of drug-likeness (QED) is 0.892. The van der Waals surface area contributed by atoms with E-state index in [-0.39, 0.29) is 29.8 Å². The van der Waals surface area contributed by atoms with E-state index in [0.29, 0.717) is 25.1 Å². The largest absolute Gasteiger partial charge is 0.490 e. The van der Waals surface area contributed by atoms with Crippen LogP contribution < -0.4 is 10.1 Å². The van der Waals surface area contributed by atoms with Crippen LogP contribution in [0.5, 0.6) is 5.75 Å². The highest BCUT2D eigenvalue weighted by Gasteiger charge is 2.29. The molecule has 2 N–H and O–H groups in total. The van der Waals surface area contributed by atoms with Crippen LogP contribution in [0.15, 0.2) is 18.2 Å². The van der Waals surface area contributed by atoms with Crippen molar-refractivity contribution in [1.29, 1.82) is 0 Å². The Morgan fingerprint density at radius 3 is 2.96 bits per heavy atom. The molecule has 3 rings (SSSR count). The summed E-state index contributed by atoms with van der Waals surface area (Å²) in [5.41, 5.74) is 0.690. The number of carbonyl (C=O) groups excluding carboxylic acids is 1. The van der Waals surface area contributed by atoms with Crippen molar-refractivity contribution in [2.75, 3.05) is 20.2 Å². The van der Waals surface area contributed by atoms with Crippen LogP contribution in [0, 0.1) is 11.7 Å². The zero-order chi connectivity index (χ0) is 17.1. The number of fused-ring (bicyclic) bond motifs is 1. The third kappa shape index (κ3) is 3.64. The lowest BCUT2D eigenvalue weighted by Gasteiger charge is -2.26. The fourth-order valence-electron chi connectivity index (χ4n) is 3.64. The van der Waals surface area contributed by atoms with E-state index in [0.717, 1.165) is 25.7 Å². The van der Waals surface area contributed by atoms with Gasteiger partial charge in [-0.3, -0.25) is 0 Å². The normalized spacial score (nSPS) is 26.2. The molecule has 1 aromatic carbocycles. The first-order chi connectivity index (χ1) is 11.6. The van der Waals surface area contributed by atoms with Crippen LogP contribution in [0.1, 0.15) is 43.7 Å². The van der Waals surface area contributed by atoms with Crippen molar-refractivity contribution >= 4 is 6.03 Å². The Kier molecular flexibility index (Phi) is 5.23. The molecule has 1 heterocycles. The first-order valence-electron chi connectivity index (χ1n) is 8.67. The van der Waals surface area contributed by atoms with Gasteiger partial charge in [-0.05, 0) is 31.7 Å². The van der Waals surface area contributed by atoms with Crippen molar-refractivity contribution in [2.24, 2.45) is 5.92 Å². The summed E-state index contributed by atoms with van der Waals surface area (Å²) in [6.45, 7) is 0.983. The van der Waals surface area contributed by atoms with E-state index in [1.54, 1.807) is 24.1 Å². The SMILES string of the molecule is CN(CC1CCCC1O)C(=O)NC1CCCOc2c(F)cccc21. The predicted octanol–water partition coefficient (Wildman–Crippen LogP) is 2.84. The number of carbonyl (C=O) groups is 1. The Balaban J connectivity index is 1.66. The van der Waals surface area contributed by atoms with Crippen molar-refractivity contribution in [3.63, 3.8) is 0 Å². The monoisotopic (exact) mass is 336 g/mol. The summed E-state index contributed by atoms with van der Waals surface area (Å²) in [5.74, 6) is -0.00630. The Bertz CT molecular complexity index is 596. The van der Waals surface area contributed by atoms with Gasteiger partial charge in [0.15, 0.2) is 11.6 Å². The van der Waals surface area contributed by atoms with E-state index in [2.05, 4.69) is 5.32 Å². The number of amides is 2. The number of urea groups is 1. The van der Waals surface area contributed by atoms with Gasteiger partial charge in [-0.2, -0.15) is 0 Å². The highest BCUT2D eigenvalue weighted by Crippen LogP contribution is 2.33. The second-order valence-electron chi connectivity index (χ2n) is 6.79. The molecule has 0 saturated heterocycles. The molecule has 1 saturated carbocycles. The summed E-state index contributed by atoms with van der Waals surface area (Å²) in [7, 11) is 1.74. The van der Waals surface area contributed by atoms with E-state index >= 15 is 0 Å². The molecule has 6 heteroatoms. The minimum Gasteiger partial charge on any atom is -0.490 e. The van der Waals surface area contributed by atoms with Gasteiger partial charge in [0.25, 0.3) is 0 Å². The number of benzene rings is 1. The standard InChI is InChI=1S/C18H25FN2O3/c1-21(11-12-5-2-9-16(12)22)18(23)20-15-8-4-10-24-17-13(15)6-3-7-14(17)19/h3,6-7,12,15-16,22H,2,4-5,8-11H2,1H3,(H,20,23). The average Bonchev–Trinajstić information content (AvgIpc) is 2.84. The molecule has 1 aromatic rings. The molecular weight excluding hydrogens is 311 g/mol. The van der Waals surface area contributed by atoms with Gasteiger partial charge in [0.2, 0.25) is 0 Å². The maximum atomic E-state index is 14.0. The van der Waals surface area contributed by atoms with Gasteiger partial charge in [0, 0.05) is 25.1 Å². The van der Waals surface area contributed by atoms with Crippen LogP contribution >= 0.6 is 0 Å². The highest BCUT2D eigenvalue weighted by atomic mass is 19.1. The van der Waals surface area contributed by atoms with Gasteiger partial charge in [-0.25, -0.2) is 9.18 Å². The molecule has 0 bridgehead atoms. The number of ether oxygens (including phenoxy) is 1. The second kappa shape index (κ2) is 7.38. The Hall–Kier alpha value is -1.82. The first kappa shape index (κ1) is 17.0. The molecule has 0 aromatic heterocycles. The van der Waals surface area contributed by atoms with Crippen LogP contribution in [-0.4, -0.2) is 42.3 Å². The van der Waals surface area contributed by atoms with Crippen LogP contribution in [0.2, 0.25) is 0 Å². The average molecular weight is 336 g/mol. The lowest BCUT2D eigenvalue weighted by atomic mass is 10.0. The van der Waals surface area contributed by atoms with E-state index < -0.39 is 5.82 Å². The first-order valence-corrected chi connectivity index (χ1v) is 8.67.